The van der Waals surface area contributed by atoms with Gasteiger partial charge in [-0.25, -0.2) is 9.59 Å². The number of amides is 1. The van der Waals surface area contributed by atoms with E-state index >= 15 is 0 Å². The lowest BCUT2D eigenvalue weighted by Gasteiger charge is -2.42. The van der Waals surface area contributed by atoms with Crippen molar-refractivity contribution in [3.8, 4) is 0 Å². The summed E-state index contributed by atoms with van der Waals surface area (Å²) in [6.45, 7) is 2.63. The minimum Gasteiger partial charge on any atom is -0.464 e. The Morgan fingerprint density at radius 1 is 0.714 bits per heavy atom. The molecule has 0 aliphatic rings. The third-order valence-electron chi connectivity index (χ3n) is 4.39. The third kappa shape index (κ3) is 5.98. The number of alkyl carbamates (subject to hydrolysis) is 1. The van der Waals surface area contributed by atoms with Crippen LogP contribution < -0.4 is 5.32 Å². The van der Waals surface area contributed by atoms with Crippen molar-refractivity contribution >= 4 is 12.1 Å². The molecule has 0 fully saturated rings. The fourth-order valence-corrected chi connectivity index (χ4v) is 2.30. The summed E-state index contributed by atoms with van der Waals surface area (Å²) in [6.07, 6.45) is -9.32. The quantitative estimate of drug-likeness (QED) is 0.266. The SMILES string of the molecule is CCOC(=O)NC(C(=O)OCC(C)C)C(C)C(F)(F)C(F)(F)C(F)(F)C(F)(F)C(F)(F)C(F)(F)F. The maximum atomic E-state index is 14.5. The molecule has 0 radical (unpaired) electrons. The van der Waals surface area contributed by atoms with Crippen LogP contribution in [-0.4, -0.2) is 67.1 Å². The van der Waals surface area contributed by atoms with E-state index in [1.54, 1.807) is 0 Å². The number of ether oxygens (including phenoxy) is 2. The molecule has 0 saturated heterocycles. The lowest BCUT2D eigenvalue weighted by Crippen LogP contribution is -2.72. The average Bonchev–Trinajstić information content (AvgIpc) is 2.68. The van der Waals surface area contributed by atoms with Crippen molar-refractivity contribution in [2.45, 2.75) is 69.5 Å². The van der Waals surface area contributed by atoms with Gasteiger partial charge in [0.05, 0.1) is 19.1 Å². The van der Waals surface area contributed by atoms with E-state index < -0.39 is 78.9 Å². The predicted octanol–water partition coefficient (Wildman–Crippen LogP) is 5.68. The van der Waals surface area contributed by atoms with Crippen LogP contribution in [0.5, 0.6) is 0 Å². The van der Waals surface area contributed by atoms with Crippen molar-refractivity contribution in [2.24, 2.45) is 11.8 Å². The Bertz CT molecular complexity index is 753. The molecule has 0 heterocycles. The monoisotopic (exact) mass is 549 g/mol. The zero-order chi connectivity index (χ0) is 28.4. The van der Waals surface area contributed by atoms with E-state index in [1.807, 2.05) is 0 Å². The first-order chi connectivity index (χ1) is 15.3. The molecule has 2 unspecified atom stereocenters. The molecule has 208 valence electrons. The minimum absolute atomic E-state index is 0.169. The maximum absolute atomic E-state index is 14.5. The van der Waals surface area contributed by atoms with Crippen molar-refractivity contribution in [2.75, 3.05) is 13.2 Å². The second-order valence-electron chi connectivity index (χ2n) is 7.57. The topological polar surface area (TPSA) is 64.6 Å². The van der Waals surface area contributed by atoms with Crippen LogP contribution in [0, 0.1) is 11.8 Å². The van der Waals surface area contributed by atoms with Crippen molar-refractivity contribution in [1.29, 1.82) is 0 Å². The van der Waals surface area contributed by atoms with Crippen LogP contribution >= 0.6 is 0 Å². The van der Waals surface area contributed by atoms with Crippen LogP contribution in [-0.2, 0) is 14.3 Å². The molecule has 18 heteroatoms. The summed E-state index contributed by atoms with van der Waals surface area (Å²) < 4.78 is 183. The molecule has 0 rings (SSSR count). The molecule has 0 aromatic carbocycles. The summed E-state index contributed by atoms with van der Waals surface area (Å²) in [5, 5.41) is 1.25. The molecule has 0 aromatic heterocycles. The lowest BCUT2D eigenvalue weighted by atomic mass is 9.84. The highest BCUT2D eigenvalue weighted by Gasteiger charge is 2.91. The number of esters is 1. The number of carbonyl (C=O) groups excluding carboxylic acids is 2. The molecule has 2 atom stereocenters. The molecule has 5 nitrogen and oxygen atoms in total. The smallest absolute Gasteiger partial charge is 0.460 e. The van der Waals surface area contributed by atoms with Crippen molar-refractivity contribution in [3.63, 3.8) is 0 Å². The van der Waals surface area contributed by atoms with Crippen LogP contribution in [0.15, 0.2) is 0 Å². The van der Waals surface area contributed by atoms with Crippen LogP contribution in [0.3, 0.4) is 0 Å². The zero-order valence-corrected chi connectivity index (χ0v) is 18.2. The number of alkyl halides is 13. The summed E-state index contributed by atoms with van der Waals surface area (Å²) >= 11 is 0. The first kappa shape index (κ1) is 32.8. The van der Waals surface area contributed by atoms with Gasteiger partial charge in [-0.2, -0.15) is 57.1 Å². The highest BCUT2D eigenvalue weighted by molar-refractivity contribution is 5.81. The van der Waals surface area contributed by atoms with Crippen LogP contribution in [0.1, 0.15) is 27.7 Å². The van der Waals surface area contributed by atoms with Gasteiger partial charge in [0, 0.05) is 0 Å². The number of rotatable bonds is 11. The molecule has 1 amide bonds. The largest absolute Gasteiger partial charge is 0.464 e. The van der Waals surface area contributed by atoms with Gasteiger partial charge in [0.2, 0.25) is 0 Å². The van der Waals surface area contributed by atoms with Gasteiger partial charge in [0.15, 0.2) is 0 Å². The molecule has 0 saturated carbocycles. The van der Waals surface area contributed by atoms with Crippen LogP contribution in [0.25, 0.3) is 0 Å². The van der Waals surface area contributed by atoms with Crippen molar-refractivity contribution in [1.82, 2.24) is 5.32 Å². The molecule has 0 aliphatic heterocycles. The van der Waals surface area contributed by atoms with E-state index in [9.17, 15) is 66.7 Å². The number of hydrogen-bond donors (Lipinski definition) is 1. The van der Waals surface area contributed by atoms with E-state index in [1.165, 1.54) is 19.2 Å². The molecule has 0 spiro atoms. The Kier molecular flexibility index (Phi) is 9.79. The van der Waals surface area contributed by atoms with Crippen LogP contribution in [0.2, 0.25) is 0 Å². The standard InChI is InChI=1S/C17H20F13NO4/c1-5-34-11(33)31-9(10(32)35-6-7(2)3)8(4)12(18,19)13(20,21)14(22,23)15(24,25)16(26,27)17(28,29)30/h7-9H,5-6H2,1-4H3,(H,31,33). The summed E-state index contributed by atoms with van der Waals surface area (Å²) in [5.74, 6) is -44.4. The Labute approximate surface area is 189 Å². The summed E-state index contributed by atoms with van der Waals surface area (Å²) in [7, 11) is 0. The number of hydrogen-bond acceptors (Lipinski definition) is 4. The Morgan fingerprint density at radius 2 is 1.14 bits per heavy atom. The highest BCUT2D eigenvalue weighted by atomic mass is 19.4. The minimum atomic E-state index is -8.09. The molecule has 0 bridgehead atoms. The van der Waals surface area contributed by atoms with Gasteiger partial charge < -0.3 is 14.8 Å². The maximum Gasteiger partial charge on any atom is 0.460 e. The predicted molar refractivity (Wildman–Crippen MR) is 89.7 cm³/mol. The summed E-state index contributed by atoms with van der Waals surface area (Å²) in [5.41, 5.74) is 0. The molecular weight excluding hydrogens is 529 g/mol. The van der Waals surface area contributed by atoms with Gasteiger partial charge >= 0.3 is 47.9 Å². The van der Waals surface area contributed by atoms with E-state index in [2.05, 4.69) is 9.47 Å². The zero-order valence-electron chi connectivity index (χ0n) is 18.2. The average molecular weight is 549 g/mol. The number of halogens is 13. The second kappa shape index (κ2) is 10.4. The third-order valence-corrected chi connectivity index (χ3v) is 4.39. The van der Waals surface area contributed by atoms with Gasteiger partial charge in [-0.1, -0.05) is 20.8 Å². The molecule has 0 aromatic rings. The van der Waals surface area contributed by atoms with Gasteiger partial charge in [-0.3, -0.25) is 0 Å². The Morgan fingerprint density at radius 3 is 1.51 bits per heavy atom. The first-order valence-corrected chi connectivity index (χ1v) is 9.40. The second-order valence-corrected chi connectivity index (χ2v) is 7.57. The fraction of sp³-hybridized carbons (Fsp3) is 0.882. The lowest BCUT2D eigenvalue weighted by molar-refractivity contribution is -0.443. The highest BCUT2D eigenvalue weighted by Crippen LogP contribution is 2.61. The van der Waals surface area contributed by atoms with Crippen molar-refractivity contribution in [3.05, 3.63) is 0 Å². The first-order valence-electron chi connectivity index (χ1n) is 9.40. The Balaban J connectivity index is 6.54. The van der Waals surface area contributed by atoms with E-state index in [0.717, 1.165) is 6.92 Å². The summed E-state index contributed by atoms with van der Waals surface area (Å²) in [6, 6.07) is -3.03. The normalized spacial score (nSPS) is 16.1. The van der Waals surface area contributed by atoms with E-state index in [0.29, 0.717) is 0 Å². The molecular formula is C17H20F13NO4. The van der Waals surface area contributed by atoms with Crippen LogP contribution in [0.4, 0.5) is 61.9 Å². The van der Waals surface area contributed by atoms with Gasteiger partial charge in [-0.15, -0.1) is 0 Å². The van der Waals surface area contributed by atoms with E-state index in [4.69, 9.17) is 0 Å². The Hall–Kier alpha value is -2.17. The number of nitrogens with one attached hydrogen (secondary N) is 1. The fourth-order valence-electron chi connectivity index (χ4n) is 2.30. The van der Waals surface area contributed by atoms with Gasteiger partial charge in [0.25, 0.3) is 0 Å². The van der Waals surface area contributed by atoms with E-state index in [-0.39, 0.29) is 6.92 Å². The van der Waals surface area contributed by atoms with Gasteiger partial charge in [0.1, 0.15) is 6.04 Å². The number of carbonyl (C=O) groups is 2. The van der Waals surface area contributed by atoms with Crippen molar-refractivity contribution < 1.29 is 76.1 Å². The molecule has 1 N–H and O–H groups in total. The van der Waals surface area contributed by atoms with Gasteiger partial charge in [-0.05, 0) is 12.8 Å². The molecule has 0 aliphatic carbocycles. The summed E-state index contributed by atoms with van der Waals surface area (Å²) in [4.78, 5) is 23.6. The molecule has 35 heavy (non-hydrogen) atoms.